The molecule has 29 heavy (non-hydrogen) atoms. The molecular weight excluding hydrogens is 389 g/mol. The lowest BCUT2D eigenvalue weighted by Crippen LogP contribution is -2.50. The summed E-state index contributed by atoms with van der Waals surface area (Å²) >= 11 is 0. The van der Waals surface area contributed by atoms with Gasteiger partial charge in [0.15, 0.2) is 0 Å². The first kappa shape index (κ1) is 19.4. The number of aliphatic hydroxyl groups excluding tert-OH is 1. The van der Waals surface area contributed by atoms with Gasteiger partial charge >= 0.3 is 6.36 Å². The highest BCUT2D eigenvalue weighted by Gasteiger charge is 2.44. The fraction of sp³-hybridized carbons (Fsp3) is 0.350. The van der Waals surface area contributed by atoms with Crippen LogP contribution in [0.3, 0.4) is 0 Å². The summed E-state index contributed by atoms with van der Waals surface area (Å²) in [6, 6.07) is 10.7. The van der Waals surface area contributed by atoms with Crippen LogP contribution in [0.2, 0.25) is 0 Å². The van der Waals surface area contributed by atoms with Crippen LogP contribution in [-0.2, 0) is 6.54 Å². The SMILES string of the molecule is CC1(C)Oc2ccc(OC(F)(F)F)cc2[C@H](Cn2[nH]c3ccccc3c2=O)[C@@H]1O. The van der Waals surface area contributed by atoms with Gasteiger partial charge in [-0.2, -0.15) is 0 Å². The third-order valence-electron chi connectivity index (χ3n) is 5.12. The predicted octanol–water partition coefficient (Wildman–Crippen LogP) is 3.54. The van der Waals surface area contributed by atoms with Crippen LogP contribution in [0.1, 0.15) is 25.3 Å². The minimum Gasteiger partial charge on any atom is -0.485 e. The third-order valence-corrected chi connectivity index (χ3v) is 5.12. The first-order valence-electron chi connectivity index (χ1n) is 8.99. The van der Waals surface area contributed by atoms with Crippen LogP contribution in [0.5, 0.6) is 11.5 Å². The molecule has 2 heterocycles. The van der Waals surface area contributed by atoms with Gasteiger partial charge < -0.3 is 14.6 Å². The summed E-state index contributed by atoms with van der Waals surface area (Å²) in [6.45, 7) is 3.40. The highest BCUT2D eigenvalue weighted by atomic mass is 19.4. The molecule has 1 aliphatic heterocycles. The van der Waals surface area contributed by atoms with E-state index in [1.807, 2.05) is 0 Å². The van der Waals surface area contributed by atoms with Crippen molar-refractivity contribution in [1.82, 2.24) is 9.78 Å². The Balaban J connectivity index is 1.78. The molecule has 9 heteroatoms. The molecule has 2 N–H and O–H groups in total. The van der Waals surface area contributed by atoms with Gasteiger partial charge in [0.25, 0.3) is 5.56 Å². The molecular formula is C20H19F3N2O4. The molecule has 0 saturated carbocycles. The molecule has 1 aliphatic rings. The van der Waals surface area contributed by atoms with E-state index in [0.717, 1.165) is 6.07 Å². The Labute approximate surface area is 163 Å². The molecule has 0 aliphatic carbocycles. The Bertz CT molecular complexity index is 1120. The van der Waals surface area contributed by atoms with E-state index in [9.17, 15) is 23.1 Å². The van der Waals surface area contributed by atoms with Crippen molar-refractivity contribution in [3.05, 3.63) is 58.4 Å². The average molecular weight is 408 g/mol. The van der Waals surface area contributed by atoms with Crippen molar-refractivity contribution in [1.29, 1.82) is 0 Å². The fourth-order valence-electron chi connectivity index (χ4n) is 3.74. The highest BCUT2D eigenvalue weighted by Crippen LogP contribution is 2.43. The second kappa shape index (κ2) is 6.55. The Kier molecular flexibility index (Phi) is 4.38. The number of hydrogen-bond donors (Lipinski definition) is 2. The summed E-state index contributed by atoms with van der Waals surface area (Å²) < 4.78 is 49.1. The number of aliphatic hydroxyl groups is 1. The van der Waals surface area contributed by atoms with Gasteiger partial charge in [0.1, 0.15) is 23.2 Å². The maximum Gasteiger partial charge on any atom is 0.573 e. The van der Waals surface area contributed by atoms with E-state index in [2.05, 4.69) is 9.84 Å². The quantitative estimate of drug-likeness (QED) is 0.695. The van der Waals surface area contributed by atoms with Crippen LogP contribution in [0.25, 0.3) is 10.9 Å². The Morgan fingerprint density at radius 2 is 1.97 bits per heavy atom. The van der Waals surface area contributed by atoms with E-state index in [0.29, 0.717) is 22.2 Å². The molecule has 0 spiro atoms. The topological polar surface area (TPSA) is 76.5 Å². The van der Waals surface area contributed by atoms with Crippen LogP contribution in [0.15, 0.2) is 47.3 Å². The second-order valence-electron chi connectivity index (χ2n) is 7.58. The maximum absolute atomic E-state index is 12.7. The molecule has 3 aromatic rings. The summed E-state index contributed by atoms with van der Waals surface area (Å²) in [5.74, 6) is -0.777. The summed E-state index contributed by atoms with van der Waals surface area (Å²) in [4.78, 5) is 12.7. The molecule has 6 nitrogen and oxygen atoms in total. The number of hydrogen-bond acceptors (Lipinski definition) is 4. The number of rotatable bonds is 3. The smallest absolute Gasteiger partial charge is 0.485 e. The number of H-pyrrole nitrogens is 1. The van der Waals surface area contributed by atoms with E-state index in [4.69, 9.17) is 4.74 Å². The van der Waals surface area contributed by atoms with Gasteiger partial charge in [-0.25, -0.2) is 0 Å². The zero-order chi connectivity index (χ0) is 21.0. The number of benzene rings is 2. The van der Waals surface area contributed by atoms with Crippen LogP contribution in [0.4, 0.5) is 13.2 Å². The zero-order valence-electron chi connectivity index (χ0n) is 15.7. The minimum absolute atomic E-state index is 0.0317. The summed E-state index contributed by atoms with van der Waals surface area (Å²) in [6.07, 6.45) is -5.92. The van der Waals surface area contributed by atoms with E-state index in [-0.39, 0.29) is 12.1 Å². The standard InChI is InChI=1S/C20H19F3N2O4/c1-19(2)17(26)14(10-25-18(27)12-5-3-4-6-15(12)24-25)13-9-11(28-20(21,22)23)7-8-16(13)29-19/h3-9,14,17,24,26H,10H2,1-2H3/t14-,17-/m0/s1. The molecule has 0 unspecified atom stereocenters. The normalized spacial score (nSPS) is 20.9. The largest absolute Gasteiger partial charge is 0.573 e. The molecule has 4 rings (SSSR count). The van der Waals surface area contributed by atoms with Crippen molar-refractivity contribution < 1.29 is 27.8 Å². The highest BCUT2D eigenvalue weighted by molar-refractivity contribution is 5.77. The predicted molar refractivity (Wildman–Crippen MR) is 99.1 cm³/mol. The number of fused-ring (bicyclic) bond motifs is 2. The molecule has 2 aromatic carbocycles. The first-order chi connectivity index (χ1) is 13.5. The number of halogens is 3. The minimum atomic E-state index is -4.84. The number of nitrogens with zero attached hydrogens (tertiary/aromatic N) is 1. The molecule has 0 radical (unpaired) electrons. The molecule has 0 fully saturated rings. The molecule has 0 saturated heterocycles. The van der Waals surface area contributed by atoms with Gasteiger partial charge in [-0.3, -0.25) is 14.6 Å². The third kappa shape index (κ3) is 3.57. The van der Waals surface area contributed by atoms with Gasteiger partial charge in [-0.15, -0.1) is 13.2 Å². The van der Waals surface area contributed by atoms with Crippen LogP contribution >= 0.6 is 0 Å². The van der Waals surface area contributed by atoms with E-state index < -0.39 is 29.7 Å². The average Bonchev–Trinajstić information content (AvgIpc) is 2.94. The van der Waals surface area contributed by atoms with Crippen LogP contribution < -0.4 is 15.0 Å². The van der Waals surface area contributed by atoms with Crippen molar-refractivity contribution >= 4 is 10.9 Å². The van der Waals surface area contributed by atoms with Gasteiger partial charge in [0, 0.05) is 11.5 Å². The molecule has 1 aromatic heterocycles. The molecule has 2 atom stereocenters. The first-order valence-corrected chi connectivity index (χ1v) is 8.99. The Morgan fingerprint density at radius 3 is 2.66 bits per heavy atom. The molecule has 0 amide bonds. The van der Waals surface area contributed by atoms with E-state index in [1.54, 1.807) is 38.1 Å². The summed E-state index contributed by atoms with van der Waals surface area (Å²) in [5, 5.41) is 14.3. The van der Waals surface area contributed by atoms with Crippen LogP contribution in [-0.4, -0.2) is 33.0 Å². The number of nitrogens with one attached hydrogen (secondary N) is 1. The number of ether oxygens (including phenoxy) is 2. The molecule has 0 bridgehead atoms. The maximum atomic E-state index is 12.7. The van der Waals surface area contributed by atoms with Crippen LogP contribution in [0, 0.1) is 0 Å². The Morgan fingerprint density at radius 1 is 1.24 bits per heavy atom. The lowest BCUT2D eigenvalue weighted by Gasteiger charge is -2.42. The fourth-order valence-corrected chi connectivity index (χ4v) is 3.74. The summed E-state index contributed by atoms with van der Waals surface area (Å²) in [7, 11) is 0. The summed E-state index contributed by atoms with van der Waals surface area (Å²) in [5.41, 5.74) is -0.308. The zero-order valence-corrected chi connectivity index (χ0v) is 15.7. The second-order valence-corrected chi connectivity index (χ2v) is 7.58. The number of para-hydroxylation sites is 1. The van der Waals surface area contributed by atoms with Crippen molar-refractivity contribution in [3.8, 4) is 11.5 Å². The van der Waals surface area contributed by atoms with Crippen molar-refractivity contribution in [2.75, 3.05) is 0 Å². The number of aromatic amines is 1. The van der Waals surface area contributed by atoms with Gasteiger partial charge in [0.2, 0.25) is 0 Å². The Hall–Kier alpha value is -2.94. The lowest BCUT2D eigenvalue weighted by atomic mass is 9.81. The van der Waals surface area contributed by atoms with Gasteiger partial charge in [-0.05, 0) is 44.2 Å². The molecule has 154 valence electrons. The number of alkyl halides is 3. The van der Waals surface area contributed by atoms with E-state index in [1.165, 1.54) is 16.8 Å². The number of aromatic nitrogens is 2. The van der Waals surface area contributed by atoms with Gasteiger partial charge in [0.05, 0.1) is 17.4 Å². The van der Waals surface area contributed by atoms with Crippen molar-refractivity contribution in [2.45, 2.75) is 44.4 Å². The lowest BCUT2D eigenvalue weighted by molar-refractivity contribution is -0.274. The monoisotopic (exact) mass is 408 g/mol. The van der Waals surface area contributed by atoms with Crippen molar-refractivity contribution in [2.24, 2.45) is 0 Å². The van der Waals surface area contributed by atoms with Gasteiger partial charge in [-0.1, -0.05) is 12.1 Å². The van der Waals surface area contributed by atoms with E-state index >= 15 is 0 Å². The van der Waals surface area contributed by atoms with Crippen molar-refractivity contribution in [3.63, 3.8) is 0 Å².